The van der Waals surface area contributed by atoms with Crippen molar-refractivity contribution in [1.82, 2.24) is 0 Å². The Labute approximate surface area is 83.3 Å². The fourth-order valence-corrected chi connectivity index (χ4v) is 1.32. The quantitative estimate of drug-likeness (QED) is 0.783. The molecule has 2 nitrogen and oxygen atoms in total. The van der Waals surface area contributed by atoms with E-state index in [0.29, 0.717) is 6.42 Å². The summed E-state index contributed by atoms with van der Waals surface area (Å²) in [7, 11) is 0. The predicted molar refractivity (Wildman–Crippen MR) is 54.8 cm³/mol. The van der Waals surface area contributed by atoms with Crippen LogP contribution in [-0.2, 0) is 0 Å². The van der Waals surface area contributed by atoms with Crippen LogP contribution in [-0.4, -0.2) is 11.7 Å². The van der Waals surface area contributed by atoms with Crippen LogP contribution in [0.4, 0.5) is 0 Å². The van der Waals surface area contributed by atoms with Gasteiger partial charge >= 0.3 is 0 Å². The molecule has 0 aliphatic heterocycles. The van der Waals surface area contributed by atoms with Crippen molar-refractivity contribution in [3.05, 3.63) is 34.3 Å². The van der Waals surface area contributed by atoms with E-state index in [1.54, 1.807) is 0 Å². The molecular weight excluding hydrogens is 186 g/mol. The minimum atomic E-state index is -0.0963. The average molecular weight is 200 g/mol. The second-order valence-electron chi connectivity index (χ2n) is 3.13. The van der Waals surface area contributed by atoms with E-state index in [2.05, 4.69) is 0 Å². The van der Waals surface area contributed by atoms with Crippen molar-refractivity contribution in [1.29, 1.82) is 0 Å². The largest absolute Gasteiger partial charge is 0.396 e. The molecule has 0 spiro atoms. The Hall–Kier alpha value is -0.570. The van der Waals surface area contributed by atoms with Crippen LogP contribution in [0.25, 0.3) is 0 Å². The molecule has 0 aliphatic carbocycles. The normalized spacial score (nSPS) is 12.9. The first-order chi connectivity index (χ1) is 6.15. The van der Waals surface area contributed by atoms with Gasteiger partial charge in [-0.15, -0.1) is 0 Å². The number of hydrogen-bond donors (Lipinski definition) is 2. The maximum Gasteiger partial charge on any atom is 0.0449 e. The number of aliphatic hydroxyl groups excluding tert-OH is 1. The van der Waals surface area contributed by atoms with Gasteiger partial charge in [0.1, 0.15) is 0 Å². The minimum absolute atomic E-state index is 0.0963. The second-order valence-corrected chi connectivity index (χ2v) is 3.53. The van der Waals surface area contributed by atoms with Crippen LogP contribution in [0.5, 0.6) is 0 Å². The topological polar surface area (TPSA) is 46.2 Å². The molecule has 3 heteroatoms. The molecule has 1 rings (SSSR count). The highest BCUT2D eigenvalue weighted by molar-refractivity contribution is 6.31. The predicted octanol–water partition coefficient (Wildman–Crippen LogP) is 2.03. The Morgan fingerprint density at radius 2 is 2.23 bits per heavy atom. The van der Waals surface area contributed by atoms with Gasteiger partial charge in [-0.2, -0.15) is 0 Å². The van der Waals surface area contributed by atoms with Gasteiger partial charge in [0.15, 0.2) is 0 Å². The van der Waals surface area contributed by atoms with E-state index in [4.69, 9.17) is 22.4 Å². The number of nitrogens with two attached hydrogens (primary N) is 1. The van der Waals surface area contributed by atoms with Gasteiger partial charge in [-0.05, 0) is 30.5 Å². The summed E-state index contributed by atoms with van der Waals surface area (Å²) in [4.78, 5) is 0. The summed E-state index contributed by atoms with van der Waals surface area (Å²) in [6.07, 6.45) is 0.584. The standard InChI is InChI=1S/C10H14ClNO/c1-7-6-8(2-3-9(7)11)10(12)4-5-13/h2-3,6,10,13H,4-5,12H2,1H3/t10-/m1/s1. The molecule has 1 atom stereocenters. The van der Waals surface area contributed by atoms with Crippen LogP contribution in [0, 0.1) is 6.92 Å². The van der Waals surface area contributed by atoms with Crippen molar-refractivity contribution in [2.75, 3.05) is 6.61 Å². The summed E-state index contributed by atoms with van der Waals surface area (Å²) < 4.78 is 0. The van der Waals surface area contributed by atoms with Crippen molar-refractivity contribution >= 4 is 11.6 Å². The van der Waals surface area contributed by atoms with E-state index in [1.807, 2.05) is 25.1 Å². The average Bonchev–Trinajstić information content (AvgIpc) is 2.10. The number of halogens is 1. The van der Waals surface area contributed by atoms with E-state index in [0.717, 1.165) is 16.1 Å². The third-order valence-corrected chi connectivity index (χ3v) is 2.47. The van der Waals surface area contributed by atoms with E-state index < -0.39 is 0 Å². The molecule has 72 valence electrons. The highest BCUT2D eigenvalue weighted by Gasteiger charge is 2.05. The molecule has 0 saturated carbocycles. The van der Waals surface area contributed by atoms with Crippen LogP contribution in [0.3, 0.4) is 0 Å². The van der Waals surface area contributed by atoms with E-state index in [1.165, 1.54) is 0 Å². The lowest BCUT2D eigenvalue weighted by Crippen LogP contribution is -2.11. The van der Waals surface area contributed by atoms with Crippen LogP contribution >= 0.6 is 11.6 Å². The van der Waals surface area contributed by atoms with Gasteiger partial charge < -0.3 is 10.8 Å². The summed E-state index contributed by atoms with van der Waals surface area (Å²) in [5.41, 5.74) is 7.87. The van der Waals surface area contributed by atoms with Gasteiger partial charge in [0, 0.05) is 17.7 Å². The SMILES string of the molecule is Cc1cc([C@H](N)CCO)ccc1Cl. The molecule has 0 saturated heterocycles. The molecule has 13 heavy (non-hydrogen) atoms. The number of aryl methyl sites for hydroxylation is 1. The van der Waals surface area contributed by atoms with E-state index in [9.17, 15) is 0 Å². The van der Waals surface area contributed by atoms with Crippen LogP contribution in [0.2, 0.25) is 5.02 Å². The molecule has 1 aromatic rings. The molecule has 0 aliphatic rings. The fourth-order valence-electron chi connectivity index (χ4n) is 1.20. The maximum absolute atomic E-state index is 8.72. The van der Waals surface area contributed by atoms with Crippen LogP contribution < -0.4 is 5.73 Å². The third kappa shape index (κ3) is 2.69. The molecule has 0 fully saturated rings. The minimum Gasteiger partial charge on any atom is -0.396 e. The summed E-state index contributed by atoms with van der Waals surface area (Å²) in [5, 5.41) is 9.47. The van der Waals surface area contributed by atoms with Crippen molar-refractivity contribution in [3.63, 3.8) is 0 Å². The lowest BCUT2D eigenvalue weighted by atomic mass is 10.0. The highest BCUT2D eigenvalue weighted by Crippen LogP contribution is 2.20. The molecule has 1 aromatic carbocycles. The molecule has 0 amide bonds. The van der Waals surface area contributed by atoms with Gasteiger partial charge in [0.25, 0.3) is 0 Å². The third-order valence-electron chi connectivity index (χ3n) is 2.05. The molecule has 0 aromatic heterocycles. The van der Waals surface area contributed by atoms with Crippen LogP contribution in [0.15, 0.2) is 18.2 Å². The number of aliphatic hydroxyl groups is 1. The van der Waals surface area contributed by atoms with Crippen molar-refractivity contribution in [2.45, 2.75) is 19.4 Å². The van der Waals surface area contributed by atoms with Crippen molar-refractivity contribution in [3.8, 4) is 0 Å². The number of rotatable bonds is 3. The Morgan fingerprint density at radius 3 is 2.77 bits per heavy atom. The van der Waals surface area contributed by atoms with Gasteiger partial charge in [-0.25, -0.2) is 0 Å². The number of hydrogen-bond acceptors (Lipinski definition) is 2. The first kappa shape index (κ1) is 10.5. The summed E-state index contributed by atoms with van der Waals surface area (Å²) >= 11 is 5.87. The first-order valence-electron chi connectivity index (χ1n) is 4.27. The monoisotopic (exact) mass is 199 g/mol. The Bertz CT molecular complexity index is 288. The zero-order valence-corrected chi connectivity index (χ0v) is 8.38. The Kier molecular flexibility index (Phi) is 3.72. The van der Waals surface area contributed by atoms with Crippen molar-refractivity contribution in [2.24, 2.45) is 5.73 Å². The molecule has 0 heterocycles. The van der Waals surface area contributed by atoms with Gasteiger partial charge in [0.2, 0.25) is 0 Å². The number of benzene rings is 1. The van der Waals surface area contributed by atoms with E-state index in [-0.39, 0.29) is 12.6 Å². The zero-order valence-electron chi connectivity index (χ0n) is 7.63. The Balaban J connectivity index is 2.84. The first-order valence-corrected chi connectivity index (χ1v) is 4.65. The second kappa shape index (κ2) is 4.61. The van der Waals surface area contributed by atoms with Gasteiger partial charge in [0.05, 0.1) is 0 Å². The summed E-state index contributed by atoms with van der Waals surface area (Å²) in [6, 6.07) is 5.60. The van der Waals surface area contributed by atoms with Gasteiger partial charge in [-0.1, -0.05) is 23.7 Å². The lowest BCUT2D eigenvalue weighted by molar-refractivity contribution is 0.276. The molecule has 3 N–H and O–H groups in total. The molecular formula is C10H14ClNO. The maximum atomic E-state index is 8.72. The van der Waals surface area contributed by atoms with E-state index >= 15 is 0 Å². The van der Waals surface area contributed by atoms with Gasteiger partial charge in [-0.3, -0.25) is 0 Å². The van der Waals surface area contributed by atoms with Crippen molar-refractivity contribution < 1.29 is 5.11 Å². The smallest absolute Gasteiger partial charge is 0.0449 e. The van der Waals surface area contributed by atoms with Crippen LogP contribution in [0.1, 0.15) is 23.6 Å². The highest BCUT2D eigenvalue weighted by atomic mass is 35.5. The summed E-state index contributed by atoms with van der Waals surface area (Å²) in [5.74, 6) is 0. The molecule has 0 radical (unpaired) electrons. The lowest BCUT2D eigenvalue weighted by Gasteiger charge is -2.11. The summed E-state index contributed by atoms with van der Waals surface area (Å²) in [6.45, 7) is 2.06. The molecule has 0 unspecified atom stereocenters. The molecule has 0 bridgehead atoms. The fraction of sp³-hybridized carbons (Fsp3) is 0.400. The zero-order chi connectivity index (χ0) is 9.84. The Morgan fingerprint density at radius 1 is 1.54 bits per heavy atom.